The Morgan fingerprint density at radius 1 is 1.14 bits per heavy atom. The molecule has 194 valence electrons. The second-order valence-electron chi connectivity index (χ2n) is 8.69. The number of ketones is 1. The Balaban J connectivity index is 1.78. The minimum atomic E-state index is -3.72. The zero-order chi connectivity index (χ0) is 25.6. The largest absolute Gasteiger partial charge is 0.479 e. The van der Waals surface area contributed by atoms with Crippen LogP contribution in [-0.4, -0.2) is 54.0 Å². The molecule has 1 aromatic rings. The highest BCUT2D eigenvalue weighted by atomic mass is 32.2. The molecule has 3 unspecified atom stereocenters. The van der Waals surface area contributed by atoms with E-state index in [1.807, 2.05) is 19.1 Å². The maximum absolute atomic E-state index is 13.4. The molecule has 0 heterocycles. The zero-order valence-electron chi connectivity index (χ0n) is 20.8. The number of ether oxygens (including phenoxy) is 2. The highest BCUT2D eigenvalue weighted by molar-refractivity contribution is 8.23. The number of hydrogen-bond acceptors (Lipinski definition) is 9. The average Bonchev–Trinajstić information content (AvgIpc) is 3.18. The molecular formula is C25H35O7PS2. The average molecular weight is 543 g/mol. The number of thioether (sulfide) groups is 1. The number of fused-ring (bicyclic) bond motifs is 3. The quantitative estimate of drug-likeness (QED) is 0.181. The first kappa shape index (κ1) is 28.3. The van der Waals surface area contributed by atoms with Gasteiger partial charge < -0.3 is 18.5 Å². The van der Waals surface area contributed by atoms with E-state index in [1.54, 1.807) is 13.8 Å². The van der Waals surface area contributed by atoms with Gasteiger partial charge in [0.15, 0.2) is 5.66 Å². The fourth-order valence-corrected chi connectivity index (χ4v) is 8.78. The Morgan fingerprint density at radius 3 is 2.46 bits per heavy atom. The number of carbonyl (C=O) groups excluding carboxylic acids is 2. The van der Waals surface area contributed by atoms with Gasteiger partial charge in [-0.25, -0.2) is 0 Å². The Bertz CT molecular complexity index is 959. The van der Waals surface area contributed by atoms with E-state index in [1.165, 1.54) is 30.0 Å². The first-order valence-electron chi connectivity index (χ1n) is 12.2. The van der Waals surface area contributed by atoms with Gasteiger partial charge in [-0.2, -0.15) is 0 Å². The molecule has 0 aliphatic heterocycles. The van der Waals surface area contributed by atoms with Crippen LogP contribution in [0, 0.1) is 11.8 Å². The first-order valence-corrected chi connectivity index (χ1v) is 15.1. The molecule has 2 aliphatic carbocycles. The van der Waals surface area contributed by atoms with Crippen molar-refractivity contribution in [3.63, 3.8) is 0 Å². The summed E-state index contributed by atoms with van der Waals surface area (Å²) in [6, 6.07) is 8.27. The van der Waals surface area contributed by atoms with E-state index in [0.717, 1.165) is 6.42 Å². The Morgan fingerprint density at radius 2 is 1.83 bits per heavy atom. The number of thiocarbonyl (C=S) groups is 1. The molecule has 10 heteroatoms. The van der Waals surface area contributed by atoms with Crippen LogP contribution in [0.1, 0.15) is 57.1 Å². The first-order chi connectivity index (χ1) is 16.8. The van der Waals surface area contributed by atoms with Gasteiger partial charge in [0.2, 0.25) is 4.38 Å². The molecule has 1 fully saturated rings. The van der Waals surface area contributed by atoms with Crippen molar-refractivity contribution in [1.29, 1.82) is 0 Å². The second kappa shape index (κ2) is 12.8. The molecule has 0 N–H and O–H groups in total. The molecule has 0 amide bonds. The third-order valence-electron chi connectivity index (χ3n) is 6.73. The molecule has 2 aliphatic rings. The van der Waals surface area contributed by atoms with Gasteiger partial charge in [-0.1, -0.05) is 36.0 Å². The predicted octanol–water partition coefficient (Wildman–Crippen LogP) is 5.54. The van der Waals surface area contributed by atoms with Crippen LogP contribution in [0.25, 0.3) is 0 Å². The molecule has 5 atom stereocenters. The van der Waals surface area contributed by atoms with E-state index in [4.69, 9.17) is 30.7 Å². The van der Waals surface area contributed by atoms with E-state index in [0.29, 0.717) is 23.8 Å². The normalized spacial score (nSPS) is 22.5. The molecule has 0 radical (unpaired) electrons. The summed E-state index contributed by atoms with van der Waals surface area (Å²) in [5.41, 5.74) is 1.48. The number of benzene rings is 1. The number of carbonyl (C=O) groups is 2. The van der Waals surface area contributed by atoms with E-state index in [9.17, 15) is 14.2 Å². The van der Waals surface area contributed by atoms with Crippen LogP contribution in [0.3, 0.4) is 0 Å². The molecule has 0 spiro atoms. The van der Waals surface area contributed by atoms with E-state index in [2.05, 4.69) is 12.1 Å². The summed E-state index contributed by atoms with van der Waals surface area (Å²) < 4.78 is 35.2. The van der Waals surface area contributed by atoms with Crippen LogP contribution < -0.4 is 0 Å². The fourth-order valence-electron chi connectivity index (χ4n) is 5.25. The van der Waals surface area contributed by atoms with E-state index < -0.39 is 19.2 Å². The van der Waals surface area contributed by atoms with E-state index in [-0.39, 0.29) is 48.4 Å². The van der Waals surface area contributed by atoms with Crippen molar-refractivity contribution in [2.24, 2.45) is 11.8 Å². The maximum Gasteiger partial charge on any atom is 0.344 e. The Kier molecular flexibility index (Phi) is 10.4. The molecule has 1 aromatic carbocycles. The van der Waals surface area contributed by atoms with Crippen LogP contribution in [0.15, 0.2) is 24.3 Å². The van der Waals surface area contributed by atoms with Gasteiger partial charge in [0, 0.05) is 23.0 Å². The summed E-state index contributed by atoms with van der Waals surface area (Å²) in [4.78, 5) is 25.7. The van der Waals surface area contributed by atoms with Gasteiger partial charge in [-0.15, -0.1) is 0 Å². The van der Waals surface area contributed by atoms with E-state index >= 15 is 0 Å². The fraction of sp³-hybridized carbons (Fsp3) is 0.640. The Hall–Kier alpha value is -1.25. The van der Waals surface area contributed by atoms with Crippen LogP contribution in [0.2, 0.25) is 0 Å². The molecular weight excluding hydrogens is 507 g/mol. The lowest BCUT2D eigenvalue weighted by Crippen LogP contribution is -2.45. The van der Waals surface area contributed by atoms with Crippen molar-refractivity contribution >= 4 is 47.7 Å². The van der Waals surface area contributed by atoms with Gasteiger partial charge in [-0.05, 0) is 69.8 Å². The van der Waals surface area contributed by atoms with Gasteiger partial charge in [0.05, 0.1) is 26.9 Å². The third kappa shape index (κ3) is 6.37. The number of rotatable bonds is 13. The number of esters is 1. The van der Waals surface area contributed by atoms with Crippen molar-refractivity contribution in [1.82, 2.24) is 0 Å². The van der Waals surface area contributed by atoms with Crippen molar-refractivity contribution in [3.05, 3.63) is 35.4 Å². The van der Waals surface area contributed by atoms with Crippen LogP contribution in [-0.2, 0) is 39.1 Å². The summed E-state index contributed by atoms with van der Waals surface area (Å²) in [5, 5.41) is -0.0967. The van der Waals surface area contributed by atoms with Gasteiger partial charge in [0.1, 0.15) is 5.78 Å². The third-order valence-corrected chi connectivity index (χ3v) is 10.7. The number of methoxy groups -OCH3 is 1. The summed E-state index contributed by atoms with van der Waals surface area (Å²) in [6.45, 7) is 6.03. The predicted molar refractivity (Wildman–Crippen MR) is 141 cm³/mol. The monoisotopic (exact) mass is 542 g/mol. The molecule has 0 aromatic heterocycles. The Labute approximate surface area is 217 Å². The van der Waals surface area contributed by atoms with Crippen molar-refractivity contribution in [2.45, 2.75) is 63.3 Å². The second-order valence-corrected chi connectivity index (χ2v) is 12.8. The van der Waals surface area contributed by atoms with Crippen LogP contribution in [0.5, 0.6) is 0 Å². The van der Waals surface area contributed by atoms with Gasteiger partial charge in [-0.3, -0.25) is 14.2 Å². The molecule has 7 nitrogen and oxygen atoms in total. The SMILES string of the molecule is CCOC(=S)SC(CCC(C(=O)OC)P(=O)(OCC)OCC)CC1C(=O)[C@@H]2Cc3ccccc3[C@H]12. The lowest BCUT2D eigenvalue weighted by Gasteiger charge is -2.41. The molecule has 0 saturated heterocycles. The van der Waals surface area contributed by atoms with Crippen LogP contribution >= 0.6 is 31.6 Å². The highest BCUT2D eigenvalue weighted by Crippen LogP contribution is 2.57. The summed E-state index contributed by atoms with van der Waals surface area (Å²) in [7, 11) is -2.46. The minimum absolute atomic E-state index is 0.0563. The lowest BCUT2D eigenvalue weighted by molar-refractivity contribution is -0.141. The topological polar surface area (TPSA) is 88.1 Å². The number of Topliss-reactive ketones (excluding diaryl/α,β-unsaturated/α-hetero) is 1. The van der Waals surface area contributed by atoms with Gasteiger partial charge >= 0.3 is 13.6 Å². The summed E-state index contributed by atoms with van der Waals surface area (Å²) in [5.74, 6) is -0.167. The van der Waals surface area contributed by atoms with Crippen LogP contribution in [0.4, 0.5) is 0 Å². The standard InChI is InChI=1S/C25H35O7PS2/c1-5-30-25(34)35-17(12-13-21(24(27)29-4)33(28,31-6-2)32-7-3)15-20-22-18-11-9-8-10-16(18)14-19(22)23(20)26/h8-11,17,19-22H,5-7,12-15H2,1-4H3/t17?,19-,20?,21?,22+/m1/s1. The van der Waals surface area contributed by atoms with Gasteiger partial charge in [0.25, 0.3) is 0 Å². The smallest absolute Gasteiger partial charge is 0.344 e. The molecule has 35 heavy (non-hydrogen) atoms. The summed E-state index contributed by atoms with van der Waals surface area (Å²) >= 11 is 6.79. The molecule has 1 saturated carbocycles. The molecule has 3 rings (SSSR count). The van der Waals surface area contributed by atoms with Crippen molar-refractivity contribution < 1.29 is 32.7 Å². The van der Waals surface area contributed by atoms with Crippen molar-refractivity contribution in [3.8, 4) is 0 Å². The number of hydrogen-bond donors (Lipinski definition) is 0. The molecule has 0 bridgehead atoms. The minimum Gasteiger partial charge on any atom is -0.479 e. The summed E-state index contributed by atoms with van der Waals surface area (Å²) in [6.07, 6.45) is 2.11. The van der Waals surface area contributed by atoms with Crippen molar-refractivity contribution in [2.75, 3.05) is 26.9 Å². The lowest BCUT2D eigenvalue weighted by atomic mass is 9.62. The zero-order valence-corrected chi connectivity index (χ0v) is 23.3. The highest BCUT2D eigenvalue weighted by Gasteiger charge is 2.54. The maximum atomic E-state index is 13.4.